The number of methoxy groups -OCH3 is 1. The second-order valence-electron chi connectivity index (χ2n) is 7.54. The SMILES string of the molecule is C=C1CN(S(=O)(=O)c2ccc(C)cc2)[C@@H](c2ccc(OC)c(C)c2)[C@]1(C#N)CC. The minimum atomic E-state index is -3.82. The first-order valence-corrected chi connectivity index (χ1v) is 11.0. The van der Waals surface area contributed by atoms with Crippen molar-refractivity contribution in [3.05, 3.63) is 71.3 Å². The summed E-state index contributed by atoms with van der Waals surface area (Å²) in [4.78, 5) is 0.218. The van der Waals surface area contributed by atoms with Crippen molar-refractivity contribution < 1.29 is 13.2 Å². The molecule has 1 heterocycles. The van der Waals surface area contributed by atoms with Crippen molar-refractivity contribution in [1.29, 1.82) is 5.26 Å². The van der Waals surface area contributed by atoms with Gasteiger partial charge in [0.15, 0.2) is 0 Å². The van der Waals surface area contributed by atoms with Crippen LogP contribution in [0.3, 0.4) is 0 Å². The lowest BCUT2D eigenvalue weighted by Crippen LogP contribution is -2.35. The van der Waals surface area contributed by atoms with Gasteiger partial charge in [0, 0.05) is 6.54 Å². The van der Waals surface area contributed by atoms with Crippen LogP contribution in [0.15, 0.2) is 59.5 Å². The first kappa shape index (κ1) is 21.1. The summed E-state index contributed by atoms with van der Waals surface area (Å²) in [6, 6.07) is 14.1. The molecule has 2 aromatic rings. The van der Waals surface area contributed by atoms with Crippen molar-refractivity contribution in [2.75, 3.05) is 13.7 Å². The molecule has 1 aliphatic rings. The fraction of sp³-hybridized carbons (Fsp3) is 0.348. The van der Waals surface area contributed by atoms with E-state index in [1.165, 1.54) is 4.31 Å². The largest absolute Gasteiger partial charge is 0.496 e. The number of rotatable bonds is 5. The number of hydrogen-bond donors (Lipinski definition) is 0. The molecule has 1 fully saturated rings. The van der Waals surface area contributed by atoms with Gasteiger partial charge in [-0.3, -0.25) is 0 Å². The predicted octanol–water partition coefficient (Wildman–Crippen LogP) is 4.53. The van der Waals surface area contributed by atoms with Gasteiger partial charge in [-0.1, -0.05) is 43.3 Å². The van der Waals surface area contributed by atoms with Gasteiger partial charge in [-0.25, -0.2) is 8.42 Å². The molecule has 0 aromatic heterocycles. The second kappa shape index (κ2) is 7.66. The highest BCUT2D eigenvalue weighted by molar-refractivity contribution is 7.89. The molecule has 6 heteroatoms. The smallest absolute Gasteiger partial charge is 0.243 e. The molecule has 0 saturated carbocycles. The molecule has 0 bridgehead atoms. The molecule has 5 nitrogen and oxygen atoms in total. The third-order valence-corrected chi connectivity index (χ3v) is 7.68. The highest BCUT2D eigenvalue weighted by Crippen LogP contribution is 2.53. The number of ether oxygens (including phenoxy) is 1. The van der Waals surface area contributed by atoms with E-state index < -0.39 is 21.5 Å². The summed E-state index contributed by atoms with van der Waals surface area (Å²) in [6.07, 6.45) is 0.470. The Balaban J connectivity index is 2.20. The van der Waals surface area contributed by atoms with E-state index in [0.717, 1.165) is 22.4 Å². The molecule has 0 N–H and O–H groups in total. The molecule has 152 valence electrons. The Morgan fingerprint density at radius 2 is 1.90 bits per heavy atom. The van der Waals surface area contributed by atoms with Crippen LogP contribution in [0.4, 0.5) is 0 Å². The van der Waals surface area contributed by atoms with Crippen molar-refractivity contribution in [3.8, 4) is 11.8 Å². The first-order valence-electron chi connectivity index (χ1n) is 9.53. The average molecular weight is 411 g/mol. The maximum atomic E-state index is 13.6. The van der Waals surface area contributed by atoms with Gasteiger partial charge < -0.3 is 4.74 Å². The minimum Gasteiger partial charge on any atom is -0.496 e. The highest BCUT2D eigenvalue weighted by atomic mass is 32.2. The lowest BCUT2D eigenvalue weighted by atomic mass is 9.74. The lowest BCUT2D eigenvalue weighted by Gasteiger charge is -2.33. The zero-order chi connectivity index (χ0) is 21.4. The van der Waals surface area contributed by atoms with Gasteiger partial charge in [-0.05, 0) is 55.2 Å². The molecule has 1 aliphatic heterocycles. The number of aryl methyl sites for hydroxylation is 2. The van der Waals surface area contributed by atoms with Crippen LogP contribution in [-0.2, 0) is 10.0 Å². The third-order valence-electron chi connectivity index (χ3n) is 5.85. The van der Waals surface area contributed by atoms with E-state index in [2.05, 4.69) is 12.6 Å². The van der Waals surface area contributed by atoms with Gasteiger partial charge in [0.1, 0.15) is 5.75 Å². The summed E-state index contributed by atoms with van der Waals surface area (Å²) in [6.45, 7) is 9.94. The Morgan fingerprint density at radius 3 is 2.41 bits per heavy atom. The maximum absolute atomic E-state index is 13.6. The van der Waals surface area contributed by atoms with E-state index in [1.807, 2.05) is 39.0 Å². The molecule has 3 rings (SSSR count). The van der Waals surface area contributed by atoms with Gasteiger partial charge in [-0.2, -0.15) is 9.57 Å². The molecule has 0 aliphatic carbocycles. The summed E-state index contributed by atoms with van der Waals surface area (Å²) in [5.74, 6) is 0.720. The van der Waals surface area contributed by atoms with Gasteiger partial charge in [0.2, 0.25) is 10.0 Å². The topological polar surface area (TPSA) is 70.4 Å². The number of nitrogens with zero attached hydrogens (tertiary/aromatic N) is 2. The molecule has 0 spiro atoms. The quantitative estimate of drug-likeness (QED) is 0.679. The number of sulfonamides is 1. The van der Waals surface area contributed by atoms with Crippen LogP contribution in [0.1, 0.15) is 36.1 Å². The van der Waals surface area contributed by atoms with E-state index in [-0.39, 0.29) is 11.4 Å². The minimum absolute atomic E-state index is 0.118. The summed E-state index contributed by atoms with van der Waals surface area (Å²) < 4.78 is 33.9. The average Bonchev–Trinajstić information content (AvgIpc) is 3.01. The van der Waals surface area contributed by atoms with Gasteiger partial charge >= 0.3 is 0 Å². The maximum Gasteiger partial charge on any atom is 0.243 e. The fourth-order valence-electron chi connectivity index (χ4n) is 4.11. The Kier molecular flexibility index (Phi) is 5.57. The molecule has 1 saturated heterocycles. The number of nitriles is 1. The summed E-state index contributed by atoms with van der Waals surface area (Å²) in [7, 11) is -2.22. The predicted molar refractivity (Wildman–Crippen MR) is 113 cm³/mol. The summed E-state index contributed by atoms with van der Waals surface area (Å²) >= 11 is 0. The molecule has 0 radical (unpaired) electrons. The van der Waals surface area contributed by atoms with Crippen LogP contribution < -0.4 is 4.74 Å². The van der Waals surface area contributed by atoms with Crippen LogP contribution in [0.2, 0.25) is 0 Å². The van der Waals surface area contributed by atoms with E-state index in [4.69, 9.17) is 4.74 Å². The standard InChI is InChI=1S/C23H26N2O3S/c1-6-23(15-24)18(4)14-25(29(26,27)20-10-7-16(2)8-11-20)22(23)19-9-12-21(28-5)17(3)13-19/h7-13,22H,4,6,14H2,1-3,5H3/t22-,23-/m0/s1. The van der Waals surface area contributed by atoms with Gasteiger partial charge in [0.05, 0.1) is 29.5 Å². The Morgan fingerprint density at radius 1 is 1.24 bits per heavy atom. The summed E-state index contributed by atoms with van der Waals surface area (Å²) in [5, 5.41) is 10.1. The van der Waals surface area contributed by atoms with Crippen LogP contribution in [0, 0.1) is 30.6 Å². The van der Waals surface area contributed by atoms with E-state index in [0.29, 0.717) is 12.0 Å². The Labute approximate surface area is 173 Å². The highest BCUT2D eigenvalue weighted by Gasteiger charge is 2.54. The molecule has 0 unspecified atom stereocenters. The van der Waals surface area contributed by atoms with Crippen LogP contribution in [0.25, 0.3) is 0 Å². The first-order chi connectivity index (χ1) is 13.7. The fourth-order valence-corrected chi connectivity index (χ4v) is 5.77. The van der Waals surface area contributed by atoms with Crippen LogP contribution in [-0.4, -0.2) is 26.4 Å². The van der Waals surface area contributed by atoms with E-state index >= 15 is 0 Å². The summed E-state index contributed by atoms with van der Waals surface area (Å²) in [5.41, 5.74) is 2.27. The van der Waals surface area contributed by atoms with Gasteiger partial charge in [0.25, 0.3) is 0 Å². The molecule has 29 heavy (non-hydrogen) atoms. The monoisotopic (exact) mass is 410 g/mol. The van der Waals surface area contributed by atoms with E-state index in [1.54, 1.807) is 31.4 Å². The van der Waals surface area contributed by atoms with Crippen molar-refractivity contribution in [3.63, 3.8) is 0 Å². The van der Waals surface area contributed by atoms with Crippen molar-refractivity contribution in [2.24, 2.45) is 5.41 Å². The van der Waals surface area contributed by atoms with Crippen LogP contribution in [0.5, 0.6) is 5.75 Å². The van der Waals surface area contributed by atoms with Crippen molar-refractivity contribution in [1.82, 2.24) is 4.31 Å². The molecule has 2 atom stereocenters. The number of hydrogen-bond acceptors (Lipinski definition) is 4. The normalized spacial score (nSPS) is 22.4. The van der Waals surface area contributed by atoms with Crippen molar-refractivity contribution >= 4 is 10.0 Å². The molecule has 0 amide bonds. The zero-order valence-corrected chi connectivity index (χ0v) is 18.1. The lowest BCUT2D eigenvalue weighted by molar-refractivity contribution is 0.288. The zero-order valence-electron chi connectivity index (χ0n) is 17.3. The van der Waals surface area contributed by atoms with Crippen molar-refractivity contribution in [2.45, 2.75) is 38.1 Å². The molecular weight excluding hydrogens is 384 g/mol. The third kappa shape index (κ3) is 3.35. The number of benzene rings is 2. The second-order valence-corrected chi connectivity index (χ2v) is 9.43. The van der Waals surface area contributed by atoms with Gasteiger partial charge in [-0.15, -0.1) is 0 Å². The Bertz CT molecular complexity index is 1080. The van der Waals surface area contributed by atoms with E-state index in [9.17, 15) is 13.7 Å². The Hall–Kier alpha value is -2.62. The van der Waals surface area contributed by atoms with Crippen LogP contribution >= 0.6 is 0 Å². The molecule has 2 aromatic carbocycles. The molecular formula is C23H26N2O3S.